The number of hydrogen-bond acceptors (Lipinski definition) is 5. The molecule has 2 aromatic rings. The molecule has 1 amide bonds. The van der Waals surface area contributed by atoms with Gasteiger partial charge >= 0.3 is 0 Å². The molecule has 0 saturated carbocycles. The summed E-state index contributed by atoms with van der Waals surface area (Å²) in [5.41, 5.74) is 2.00. The maximum atomic E-state index is 13.0. The monoisotopic (exact) mass is 384 g/mol. The third-order valence-corrected chi connectivity index (χ3v) is 6.63. The molecule has 3 aliphatic rings. The lowest BCUT2D eigenvalue weighted by atomic mass is 9.95. The second-order valence-corrected chi connectivity index (χ2v) is 8.55. The van der Waals surface area contributed by atoms with Crippen LogP contribution in [0.25, 0.3) is 0 Å². The van der Waals surface area contributed by atoms with E-state index in [1.54, 1.807) is 0 Å². The minimum absolute atomic E-state index is 0.105. The molecule has 0 radical (unpaired) electrons. The molecule has 3 fully saturated rings. The van der Waals surface area contributed by atoms with Crippen LogP contribution in [-0.2, 0) is 6.42 Å². The highest BCUT2D eigenvalue weighted by Crippen LogP contribution is 2.30. The quantitative estimate of drug-likeness (QED) is 0.830. The lowest BCUT2D eigenvalue weighted by Crippen LogP contribution is -2.47. The highest BCUT2D eigenvalue weighted by Gasteiger charge is 2.37. The fraction of sp³-hybridized carbons (Fsp3) is 0.524. The Morgan fingerprint density at radius 1 is 1.22 bits per heavy atom. The Bertz CT molecular complexity index is 763. The highest BCUT2D eigenvalue weighted by atomic mass is 32.1. The SMILES string of the molecule is CNc1nc(C(=O)N2CC3CCC2CN(CCCc2ccccc2)C3)cs1. The molecule has 27 heavy (non-hydrogen) atoms. The first-order valence-corrected chi connectivity index (χ1v) is 10.8. The summed E-state index contributed by atoms with van der Waals surface area (Å²) in [4.78, 5) is 22.1. The number of thiazole rings is 1. The van der Waals surface area contributed by atoms with Gasteiger partial charge in [0.2, 0.25) is 0 Å². The molecule has 1 N–H and O–H groups in total. The van der Waals surface area contributed by atoms with Crippen molar-refractivity contribution < 1.29 is 4.79 Å². The van der Waals surface area contributed by atoms with Crippen LogP contribution in [0.15, 0.2) is 35.7 Å². The number of nitrogens with zero attached hydrogens (tertiary/aromatic N) is 3. The number of aryl methyl sites for hydroxylation is 1. The van der Waals surface area contributed by atoms with Gasteiger partial charge in [-0.3, -0.25) is 4.79 Å². The van der Waals surface area contributed by atoms with Crippen LogP contribution < -0.4 is 5.32 Å². The van der Waals surface area contributed by atoms with Crippen molar-refractivity contribution in [3.8, 4) is 0 Å². The largest absolute Gasteiger partial charge is 0.365 e. The van der Waals surface area contributed by atoms with Crippen molar-refractivity contribution in [2.24, 2.45) is 5.92 Å². The number of nitrogens with one attached hydrogen (secondary N) is 1. The molecule has 3 saturated heterocycles. The van der Waals surface area contributed by atoms with Gasteiger partial charge < -0.3 is 15.1 Å². The van der Waals surface area contributed by atoms with Crippen LogP contribution in [0, 0.1) is 5.92 Å². The number of fused-ring (bicyclic) bond motifs is 4. The third-order valence-electron chi connectivity index (χ3n) is 5.77. The fourth-order valence-corrected chi connectivity index (χ4v) is 5.04. The summed E-state index contributed by atoms with van der Waals surface area (Å²) < 4.78 is 0. The van der Waals surface area contributed by atoms with Gasteiger partial charge in [0, 0.05) is 38.1 Å². The minimum atomic E-state index is 0.105. The Morgan fingerprint density at radius 2 is 2.07 bits per heavy atom. The maximum absolute atomic E-state index is 13.0. The molecule has 1 aromatic carbocycles. The van der Waals surface area contributed by atoms with Gasteiger partial charge in [0.1, 0.15) is 5.69 Å². The molecule has 2 bridgehead atoms. The smallest absolute Gasteiger partial charge is 0.273 e. The molecular weight excluding hydrogens is 356 g/mol. The molecule has 2 atom stereocenters. The zero-order chi connectivity index (χ0) is 18.6. The Kier molecular flexibility index (Phi) is 5.74. The normalized spacial score (nSPS) is 22.6. The molecule has 3 aliphatic heterocycles. The van der Waals surface area contributed by atoms with Gasteiger partial charge in [-0.2, -0.15) is 0 Å². The third kappa shape index (κ3) is 4.33. The first-order valence-electron chi connectivity index (χ1n) is 9.93. The molecule has 2 unspecified atom stereocenters. The average molecular weight is 385 g/mol. The van der Waals surface area contributed by atoms with E-state index in [2.05, 4.69) is 50.4 Å². The number of carbonyl (C=O) groups excluding carboxylic acids is 1. The number of piperidine rings is 1. The zero-order valence-electron chi connectivity index (χ0n) is 15.9. The van der Waals surface area contributed by atoms with Gasteiger partial charge in [-0.05, 0) is 43.7 Å². The molecule has 1 aromatic heterocycles. The van der Waals surface area contributed by atoms with Gasteiger partial charge in [-0.1, -0.05) is 30.3 Å². The fourth-order valence-electron chi connectivity index (χ4n) is 4.40. The number of carbonyl (C=O) groups is 1. The topological polar surface area (TPSA) is 48.5 Å². The molecule has 4 heterocycles. The van der Waals surface area contributed by atoms with Crippen LogP contribution in [0.1, 0.15) is 35.3 Å². The van der Waals surface area contributed by atoms with E-state index in [1.165, 1.54) is 29.7 Å². The number of hydrogen-bond donors (Lipinski definition) is 1. The van der Waals surface area contributed by atoms with Crippen LogP contribution in [-0.4, -0.2) is 60.0 Å². The summed E-state index contributed by atoms with van der Waals surface area (Å²) in [7, 11) is 1.84. The van der Waals surface area contributed by atoms with E-state index >= 15 is 0 Å². The molecule has 144 valence electrons. The zero-order valence-corrected chi connectivity index (χ0v) is 16.8. The summed E-state index contributed by atoms with van der Waals surface area (Å²) in [6.07, 6.45) is 4.66. The number of benzene rings is 1. The van der Waals surface area contributed by atoms with Crippen molar-refractivity contribution in [1.82, 2.24) is 14.8 Å². The van der Waals surface area contributed by atoms with Crippen LogP contribution in [0.2, 0.25) is 0 Å². The number of amides is 1. The molecule has 5 rings (SSSR count). The standard InChI is InChI=1S/C21H28N4OS/c1-22-21-23-19(15-27-21)20(26)25-13-17-9-10-18(25)14-24(12-17)11-5-8-16-6-3-2-4-7-16/h2-4,6-7,15,17-18H,5,8-14H2,1H3,(H,22,23). The summed E-state index contributed by atoms with van der Waals surface area (Å²) in [5.74, 6) is 0.695. The Morgan fingerprint density at radius 3 is 2.85 bits per heavy atom. The molecule has 6 heteroatoms. The van der Waals surface area contributed by atoms with Gasteiger partial charge in [0.05, 0.1) is 0 Å². The first kappa shape index (κ1) is 18.4. The summed E-state index contributed by atoms with van der Waals surface area (Å²) in [5, 5.41) is 5.71. The first-order chi connectivity index (χ1) is 13.2. The van der Waals surface area contributed by atoms with Crippen molar-refractivity contribution >= 4 is 22.4 Å². The van der Waals surface area contributed by atoms with Gasteiger partial charge in [-0.15, -0.1) is 11.3 Å². The van der Waals surface area contributed by atoms with Crippen molar-refractivity contribution in [3.63, 3.8) is 0 Å². The molecule has 5 nitrogen and oxygen atoms in total. The van der Waals surface area contributed by atoms with Crippen molar-refractivity contribution in [2.45, 2.75) is 31.7 Å². The molecular formula is C21H28N4OS. The van der Waals surface area contributed by atoms with E-state index < -0.39 is 0 Å². The van der Waals surface area contributed by atoms with E-state index in [9.17, 15) is 4.79 Å². The maximum Gasteiger partial charge on any atom is 0.273 e. The lowest BCUT2D eigenvalue weighted by molar-refractivity contribution is 0.0580. The number of anilines is 1. The highest BCUT2D eigenvalue weighted by molar-refractivity contribution is 7.13. The Labute approximate surface area is 165 Å². The number of rotatable bonds is 6. The Hall–Kier alpha value is -1.92. The average Bonchev–Trinajstić information content (AvgIpc) is 3.02. The molecule has 0 aliphatic carbocycles. The van der Waals surface area contributed by atoms with Crippen LogP contribution in [0.5, 0.6) is 0 Å². The van der Waals surface area contributed by atoms with E-state index in [4.69, 9.17) is 0 Å². The van der Waals surface area contributed by atoms with Crippen molar-refractivity contribution in [3.05, 3.63) is 47.0 Å². The summed E-state index contributed by atoms with van der Waals surface area (Å²) in [6.45, 7) is 4.11. The Balaban J connectivity index is 1.36. The number of aromatic nitrogens is 1. The predicted octanol–water partition coefficient (Wildman–Crippen LogP) is 3.35. The van der Waals surface area contributed by atoms with Crippen LogP contribution in [0.4, 0.5) is 5.13 Å². The van der Waals surface area contributed by atoms with Crippen molar-refractivity contribution in [1.29, 1.82) is 0 Å². The summed E-state index contributed by atoms with van der Waals surface area (Å²) in [6, 6.07) is 11.0. The van der Waals surface area contributed by atoms with Crippen LogP contribution in [0.3, 0.4) is 0 Å². The van der Waals surface area contributed by atoms with E-state index in [0.717, 1.165) is 44.2 Å². The minimum Gasteiger partial charge on any atom is -0.365 e. The van der Waals surface area contributed by atoms with Crippen LogP contribution >= 0.6 is 11.3 Å². The second kappa shape index (κ2) is 8.40. The van der Waals surface area contributed by atoms with Gasteiger partial charge in [0.15, 0.2) is 5.13 Å². The van der Waals surface area contributed by atoms with E-state index in [1.807, 2.05) is 12.4 Å². The second-order valence-electron chi connectivity index (χ2n) is 7.69. The van der Waals surface area contributed by atoms with Crippen molar-refractivity contribution in [2.75, 3.05) is 38.5 Å². The van der Waals surface area contributed by atoms with Gasteiger partial charge in [0.25, 0.3) is 5.91 Å². The predicted molar refractivity (Wildman–Crippen MR) is 110 cm³/mol. The summed E-state index contributed by atoms with van der Waals surface area (Å²) >= 11 is 1.50. The van der Waals surface area contributed by atoms with Gasteiger partial charge in [-0.25, -0.2) is 4.98 Å². The van der Waals surface area contributed by atoms with E-state index in [0.29, 0.717) is 17.7 Å². The molecule has 0 spiro atoms. The lowest BCUT2D eigenvalue weighted by Gasteiger charge is -2.35. The van der Waals surface area contributed by atoms with E-state index in [-0.39, 0.29) is 5.91 Å².